The lowest BCUT2D eigenvalue weighted by molar-refractivity contribution is -0.539. The fraction of sp³-hybridized carbons (Fsp3) is 0.133. The van der Waals surface area contributed by atoms with E-state index < -0.39 is 10.5 Å². The van der Waals surface area contributed by atoms with Gasteiger partial charge < -0.3 is 0 Å². The molecule has 0 N–H and O–H groups in total. The first-order valence-electron chi connectivity index (χ1n) is 5.86. The molecule has 0 amide bonds. The van der Waals surface area contributed by atoms with Crippen LogP contribution in [0.3, 0.4) is 0 Å². The first-order valence-corrected chi connectivity index (χ1v) is 5.86. The molecule has 1 aliphatic rings. The van der Waals surface area contributed by atoms with Crippen molar-refractivity contribution < 1.29 is 9.72 Å². The van der Waals surface area contributed by atoms with Gasteiger partial charge in [-0.25, -0.2) is 0 Å². The summed E-state index contributed by atoms with van der Waals surface area (Å²) < 4.78 is 0. The minimum Gasteiger partial charge on any atom is -0.289 e. The average molecular weight is 255 g/mol. The van der Waals surface area contributed by atoms with Crippen LogP contribution in [0.1, 0.15) is 16.8 Å². The summed E-state index contributed by atoms with van der Waals surface area (Å²) in [5, 5.41) is 11.0. The van der Waals surface area contributed by atoms with Crippen molar-refractivity contribution in [3.63, 3.8) is 0 Å². The molecule has 0 aromatic heterocycles. The minimum atomic E-state index is -1.29. The first-order chi connectivity index (χ1) is 9.09. The van der Waals surface area contributed by atoms with Crippen molar-refractivity contribution in [1.82, 2.24) is 0 Å². The highest BCUT2D eigenvalue weighted by molar-refractivity contribution is 6.10. The van der Waals surface area contributed by atoms with Gasteiger partial charge in [-0.15, -0.1) is 0 Å². The van der Waals surface area contributed by atoms with Crippen LogP contribution < -0.4 is 0 Å². The standard InChI is InChI=1S/C15H13NO3/c1-2-15(16(18)19)10-8-13(9-11-15)14(17)12-6-4-3-5-7-12/h2-10H,1,11H2. The molecule has 0 radical (unpaired) electrons. The van der Waals surface area contributed by atoms with Crippen LogP contribution in [-0.2, 0) is 0 Å². The van der Waals surface area contributed by atoms with Crippen molar-refractivity contribution in [3.05, 3.63) is 82.5 Å². The van der Waals surface area contributed by atoms with Gasteiger partial charge in [-0.05, 0) is 18.2 Å². The Bertz CT molecular complexity index is 587. The summed E-state index contributed by atoms with van der Waals surface area (Å²) in [5.74, 6) is -0.127. The fourth-order valence-electron chi connectivity index (χ4n) is 1.93. The van der Waals surface area contributed by atoms with E-state index in [2.05, 4.69) is 6.58 Å². The monoisotopic (exact) mass is 255 g/mol. The molecule has 1 aromatic carbocycles. The number of hydrogen-bond acceptors (Lipinski definition) is 3. The number of ketones is 1. The SMILES string of the molecule is C=CC1([N+](=O)[O-])C=CC(C(=O)c2ccccc2)=CC1. The molecule has 1 aromatic rings. The van der Waals surface area contributed by atoms with E-state index in [9.17, 15) is 14.9 Å². The normalized spacial score (nSPS) is 21.6. The number of nitro groups is 1. The highest BCUT2D eigenvalue weighted by Gasteiger charge is 2.37. The Morgan fingerprint density at radius 3 is 2.53 bits per heavy atom. The van der Waals surface area contributed by atoms with Gasteiger partial charge in [0, 0.05) is 22.5 Å². The largest absolute Gasteiger partial charge is 0.289 e. The second kappa shape index (κ2) is 5.02. The summed E-state index contributed by atoms with van der Waals surface area (Å²) in [6.45, 7) is 3.50. The van der Waals surface area contributed by atoms with E-state index in [1.807, 2.05) is 6.07 Å². The summed E-state index contributed by atoms with van der Waals surface area (Å²) in [6.07, 6.45) is 5.97. The number of hydrogen-bond donors (Lipinski definition) is 0. The molecular weight excluding hydrogens is 242 g/mol. The van der Waals surface area contributed by atoms with Crippen LogP contribution in [0.5, 0.6) is 0 Å². The number of allylic oxidation sites excluding steroid dienone is 2. The molecule has 19 heavy (non-hydrogen) atoms. The maximum atomic E-state index is 12.2. The number of carbonyl (C=O) groups excluding carboxylic acids is 1. The molecule has 0 fully saturated rings. The van der Waals surface area contributed by atoms with E-state index in [0.29, 0.717) is 11.1 Å². The van der Waals surface area contributed by atoms with E-state index >= 15 is 0 Å². The third kappa shape index (κ3) is 2.38. The van der Waals surface area contributed by atoms with Crippen LogP contribution >= 0.6 is 0 Å². The smallest absolute Gasteiger partial charge is 0.261 e. The third-order valence-electron chi connectivity index (χ3n) is 3.19. The van der Waals surface area contributed by atoms with Gasteiger partial charge in [0.25, 0.3) is 5.54 Å². The maximum Gasteiger partial charge on any atom is 0.261 e. The number of rotatable bonds is 4. The van der Waals surface area contributed by atoms with E-state index in [-0.39, 0.29) is 12.2 Å². The van der Waals surface area contributed by atoms with Crippen LogP contribution in [0.25, 0.3) is 0 Å². The number of carbonyl (C=O) groups is 1. The zero-order chi connectivity index (χ0) is 13.9. The predicted molar refractivity (Wildman–Crippen MR) is 72.5 cm³/mol. The molecule has 96 valence electrons. The Balaban J connectivity index is 2.24. The van der Waals surface area contributed by atoms with Crippen molar-refractivity contribution in [3.8, 4) is 0 Å². The number of Topliss-reactive ketones (excluding diaryl/α,β-unsaturated/α-hetero) is 1. The highest BCUT2D eigenvalue weighted by Crippen LogP contribution is 2.26. The first kappa shape index (κ1) is 13.0. The zero-order valence-electron chi connectivity index (χ0n) is 10.3. The average Bonchev–Trinajstić information content (AvgIpc) is 2.47. The summed E-state index contributed by atoms with van der Waals surface area (Å²) >= 11 is 0. The fourth-order valence-corrected chi connectivity index (χ4v) is 1.93. The van der Waals surface area contributed by atoms with E-state index in [0.717, 1.165) is 0 Å². The Kier molecular flexibility index (Phi) is 3.42. The van der Waals surface area contributed by atoms with Crippen LogP contribution in [0.15, 0.2) is 66.8 Å². The molecule has 2 rings (SSSR count). The van der Waals surface area contributed by atoms with Gasteiger partial charge in [0.05, 0.1) is 0 Å². The van der Waals surface area contributed by atoms with Gasteiger partial charge in [-0.1, -0.05) is 43.0 Å². The summed E-state index contributed by atoms with van der Waals surface area (Å²) in [7, 11) is 0. The Hall–Kier alpha value is -2.49. The molecule has 0 saturated carbocycles. The van der Waals surface area contributed by atoms with Gasteiger partial charge in [0.1, 0.15) is 0 Å². The predicted octanol–water partition coefficient (Wildman–Crippen LogP) is 2.96. The molecular formula is C15H13NO3. The van der Waals surface area contributed by atoms with Gasteiger partial charge in [0.2, 0.25) is 0 Å². The second-order valence-electron chi connectivity index (χ2n) is 4.34. The lowest BCUT2D eigenvalue weighted by Crippen LogP contribution is -2.34. The van der Waals surface area contributed by atoms with E-state index in [1.54, 1.807) is 30.3 Å². The van der Waals surface area contributed by atoms with E-state index in [1.165, 1.54) is 18.2 Å². The molecule has 0 bridgehead atoms. The summed E-state index contributed by atoms with van der Waals surface area (Å²) in [4.78, 5) is 22.8. The summed E-state index contributed by atoms with van der Waals surface area (Å²) in [6, 6.07) is 8.84. The lowest BCUT2D eigenvalue weighted by atomic mass is 9.87. The van der Waals surface area contributed by atoms with Crippen molar-refractivity contribution in [2.75, 3.05) is 0 Å². The Morgan fingerprint density at radius 2 is 2.05 bits per heavy atom. The summed E-state index contributed by atoms with van der Waals surface area (Å²) in [5.41, 5.74) is -0.239. The van der Waals surface area contributed by atoms with Crippen LogP contribution in [0.4, 0.5) is 0 Å². The van der Waals surface area contributed by atoms with Crippen LogP contribution in [0, 0.1) is 10.1 Å². The lowest BCUT2D eigenvalue weighted by Gasteiger charge is -2.19. The Morgan fingerprint density at radius 1 is 1.37 bits per heavy atom. The van der Waals surface area contributed by atoms with Gasteiger partial charge in [0.15, 0.2) is 5.78 Å². The number of benzene rings is 1. The quantitative estimate of drug-likeness (QED) is 0.359. The number of nitrogens with zero attached hydrogens (tertiary/aromatic N) is 1. The van der Waals surface area contributed by atoms with Crippen LogP contribution in [-0.4, -0.2) is 16.2 Å². The molecule has 0 heterocycles. The van der Waals surface area contributed by atoms with Crippen molar-refractivity contribution >= 4 is 5.78 Å². The topological polar surface area (TPSA) is 60.2 Å². The zero-order valence-corrected chi connectivity index (χ0v) is 10.3. The van der Waals surface area contributed by atoms with Gasteiger partial charge in [-0.2, -0.15) is 0 Å². The van der Waals surface area contributed by atoms with E-state index in [4.69, 9.17) is 0 Å². The molecule has 0 aliphatic heterocycles. The molecule has 0 saturated heterocycles. The van der Waals surface area contributed by atoms with Crippen LogP contribution in [0.2, 0.25) is 0 Å². The third-order valence-corrected chi connectivity index (χ3v) is 3.19. The van der Waals surface area contributed by atoms with Crippen molar-refractivity contribution in [2.45, 2.75) is 12.0 Å². The maximum absolute atomic E-state index is 12.2. The Labute approximate surface area is 110 Å². The molecule has 4 nitrogen and oxygen atoms in total. The molecule has 0 spiro atoms. The van der Waals surface area contributed by atoms with Gasteiger partial charge >= 0.3 is 0 Å². The highest BCUT2D eigenvalue weighted by atomic mass is 16.6. The second-order valence-corrected chi connectivity index (χ2v) is 4.34. The van der Waals surface area contributed by atoms with Gasteiger partial charge in [-0.3, -0.25) is 14.9 Å². The minimum absolute atomic E-state index is 0.127. The molecule has 1 aliphatic carbocycles. The van der Waals surface area contributed by atoms with Crippen molar-refractivity contribution in [2.24, 2.45) is 0 Å². The molecule has 1 atom stereocenters. The molecule has 4 heteroatoms. The van der Waals surface area contributed by atoms with Crippen molar-refractivity contribution in [1.29, 1.82) is 0 Å². The molecule has 1 unspecified atom stereocenters.